The monoisotopic (exact) mass is 162 g/mol. The second-order valence-corrected chi connectivity index (χ2v) is 1.92. The van der Waals surface area contributed by atoms with E-state index in [1.54, 1.807) is 12.5 Å². The predicted molar refractivity (Wildman–Crippen MR) is 41.1 cm³/mol. The normalized spacial score (nSPS) is 8.90. The van der Waals surface area contributed by atoms with E-state index in [9.17, 15) is 0 Å². The van der Waals surface area contributed by atoms with Gasteiger partial charge >= 0.3 is 0 Å². The maximum Gasteiger partial charge on any atom is 0.126 e. The van der Waals surface area contributed by atoms with Crippen LogP contribution in [0.4, 0.5) is 0 Å². The smallest absolute Gasteiger partial charge is 0.126 e. The Kier molecular flexibility index (Phi) is 4.98. The molecule has 58 valence electrons. The van der Waals surface area contributed by atoms with Crippen molar-refractivity contribution in [2.75, 3.05) is 6.54 Å². The summed E-state index contributed by atoms with van der Waals surface area (Å²) < 4.78 is 4.62. The van der Waals surface area contributed by atoms with Gasteiger partial charge < -0.3 is 10.3 Å². The number of aryl methyl sites for hydroxylation is 1. The van der Waals surface area contributed by atoms with E-state index in [1.165, 1.54) is 0 Å². The van der Waals surface area contributed by atoms with Crippen LogP contribution in [0.5, 0.6) is 0 Å². The first-order valence-corrected chi connectivity index (χ1v) is 3.02. The van der Waals surface area contributed by atoms with E-state index >= 15 is 0 Å². The zero-order valence-corrected chi connectivity index (χ0v) is 6.43. The van der Waals surface area contributed by atoms with Gasteiger partial charge in [-0.1, -0.05) is 5.16 Å². The summed E-state index contributed by atoms with van der Waals surface area (Å²) in [6.07, 6.45) is 5.34. The molecule has 0 bridgehead atoms. The van der Waals surface area contributed by atoms with Gasteiger partial charge in [-0.3, -0.25) is 0 Å². The third-order valence-electron chi connectivity index (χ3n) is 1.15. The maximum atomic E-state index is 5.29. The van der Waals surface area contributed by atoms with Crippen molar-refractivity contribution in [2.45, 2.75) is 12.8 Å². The van der Waals surface area contributed by atoms with Crippen LogP contribution in [0.3, 0.4) is 0 Å². The molecule has 0 aliphatic carbocycles. The fourth-order valence-electron chi connectivity index (χ4n) is 0.656. The summed E-state index contributed by atoms with van der Waals surface area (Å²) in [5.74, 6) is 0. The molecule has 0 aromatic carbocycles. The molecule has 1 heterocycles. The molecule has 0 saturated carbocycles. The number of halogens is 1. The van der Waals surface area contributed by atoms with E-state index < -0.39 is 0 Å². The zero-order chi connectivity index (χ0) is 6.53. The van der Waals surface area contributed by atoms with E-state index in [0.717, 1.165) is 24.9 Å². The first-order valence-electron chi connectivity index (χ1n) is 3.02. The van der Waals surface area contributed by atoms with E-state index in [-0.39, 0.29) is 12.4 Å². The van der Waals surface area contributed by atoms with E-state index in [4.69, 9.17) is 5.73 Å². The van der Waals surface area contributed by atoms with Crippen LogP contribution in [-0.4, -0.2) is 11.7 Å². The number of rotatable bonds is 3. The Balaban J connectivity index is 0.000000810. The second-order valence-electron chi connectivity index (χ2n) is 1.92. The third kappa shape index (κ3) is 2.85. The van der Waals surface area contributed by atoms with Gasteiger partial charge in [0.05, 0.1) is 6.20 Å². The minimum absolute atomic E-state index is 0. The number of hydrogen-bond acceptors (Lipinski definition) is 3. The van der Waals surface area contributed by atoms with Crippen molar-refractivity contribution in [3.8, 4) is 0 Å². The number of hydrogen-bond donors (Lipinski definition) is 1. The van der Waals surface area contributed by atoms with Crippen molar-refractivity contribution >= 4 is 12.4 Å². The average Bonchev–Trinajstić information content (AvgIpc) is 2.34. The summed E-state index contributed by atoms with van der Waals surface area (Å²) in [6, 6.07) is 0. The number of nitrogens with zero attached hydrogens (tertiary/aromatic N) is 1. The van der Waals surface area contributed by atoms with Crippen LogP contribution >= 0.6 is 12.4 Å². The van der Waals surface area contributed by atoms with Gasteiger partial charge in [0.1, 0.15) is 6.26 Å². The molecule has 4 heteroatoms. The molecule has 0 saturated heterocycles. The molecule has 0 aliphatic heterocycles. The largest absolute Gasteiger partial charge is 0.364 e. The van der Waals surface area contributed by atoms with Crippen LogP contribution in [0.25, 0.3) is 0 Å². The molecule has 0 aliphatic rings. The van der Waals surface area contributed by atoms with Crippen molar-refractivity contribution in [2.24, 2.45) is 5.73 Å². The lowest BCUT2D eigenvalue weighted by atomic mass is 10.2. The van der Waals surface area contributed by atoms with Crippen molar-refractivity contribution in [1.29, 1.82) is 0 Å². The van der Waals surface area contributed by atoms with Gasteiger partial charge in [0.25, 0.3) is 0 Å². The van der Waals surface area contributed by atoms with Gasteiger partial charge in [0.15, 0.2) is 0 Å². The Morgan fingerprint density at radius 3 is 2.90 bits per heavy atom. The van der Waals surface area contributed by atoms with Gasteiger partial charge in [-0.2, -0.15) is 0 Å². The predicted octanol–water partition coefficient (Wildman–Crippen LogP) is 0.988. The highest BCUT2D eigenvalue weighted by Gasteiger charge is 1.91. The summed E-state index contributed by atoms with van der Waals surface area (Å²) in [4.78, 5) is 0. The van der Waals surface area contributed by atoms with Crippen molar-refractivity contribution in [1.82, 2.24) is 5.16 Å². The highest BCUT2D eigenvalue weighted by atomic mass is 35.5. The van der Waals surface area contributed by atoms with Crippen LogP contribution in [0.1, 0.15) is 12.0 Å². The summed E-state index contributed by atoms with van der Waals surface area (Å²) in [6.45, 7) is 0.727. The fourth-order valence-corrected chi connectivity index (χ4v) is 0.656. The van der Waals surface area contributed by atoms with Gasteiger partial charge in [-0.15, -0.1) is 12.4 Å². The third-order valence-corrected chi connectivity index (χ3v) is 1.15. The molecular formula is C6H11ClN2O. The molecule has 1 aromatic heterocycles. The van der Waals surface area contributed by atoms with E-state index in [0.29, 0.717) is 0 Å². The summed E-state index contributed by atoms with van der Waals surface area (Å²) >= 11 is 0. The maximum absolute atomic E-state index is 5.29. The topological polar surface area (TPSA) is 52.0 Å². The molecule has 10 heavy (non-hydrogen) atoms. The zero-order valence-electron chi connectivity index (χ0n) is 5.62. The highest BCUT2D eigenvalue weighted by molar-refractivity contribution is 5.85. The fraction of sp³-hybridized carbons (Fsp3) is 0.500. The highest BCUT2D eigenvalue weighted by Crippen LogP contribution is 1.98. The van der Waals surface area contributed by atoms with Gasteiger partial charge in [0, 0.05) is 5.56 Å². The van der Waals surface area contributed by atoms with Crippen LogP contribution < -0.4 is 5.73 Å². The number of nitrogens with two attached hydrogens (primary N) is 1. The van der Waals surface area contributed by atoms with Crippen LogP contribution in [0.2, 0.25) is 0 Å². The minimum atomic E-state index is 0. The Labute approximate surface area is 66.0 Å². The Bertz CT molecular complexity index is 153. The Hall–Kier alpha value is -0.540. The van der Waals surface area contributed by atoms with E-state index in [1.807, 2.05) is 0 Å². The van der Waals surface area contributed by atoms with Crippen LogP contribution in [0, 0.1) is 0 Å². The Morgan fingerprint density at radius 1 is 1.60 bits per heavy atom. The molecule has 0 atom stereocenters. The molecule has 3 nitrogen and oxygen atoms in total. The molecule has 0 unspecified atom stereocenters. The lowest BCUT2D eigenvalue weighted by Crippen LogP contribution is -1.99. The number of aromatic nitrogens is 1. The standard InChI is InChI=1S/C6H10N2O.ClH/c7-3-1-2-6-4-8-9-5-6;/h4-5H,1-3,7H2;1H. The summed E-state index contributed by atoms with van der Waals surface area (Å²) in [7, 11) is 0. The first kappa shape index (κ1) is 9.46. The van der Waals surface area contributed by atoms with Gasteiger partial charge in [0.2, 0.25) is 0 Å². The van der Waals surface area contributed by atoms with Crippen molar-refractivity contribution in [3.63, 3.8) is 0 Å². The first-order chi connectivity index (χ1) is 4.43. The molecule has 0 amide bonds. The van der Waals surface area contributed by atoms with Crippen molar-refractivity contribution < 1.29 is 4.52 Å². The summed E-state index contributed by atoms with van der Waals surface area (Å²) in [5.41, 5.74) is 6.42. The van der Waals surface area contributed by atoms with Crippen LogP contribution in [0.15, 0.2) is 17.0 Å². The molecule has 0 spiro atoms. The lowest BCUT2D eigenvalue weighted by molar-refractivity contribution is 0.419. The SMILES string of the molecule is Cl.NCCCc1cnoc1. The molecular weight excluding hydrogens is 152 g/mol. The van der Waals surface area contributed by atoms with E-state index in [2.05, 4.69) is 9.68 Å². The quantitative estimate of drug-likeness (QED) is 0.721. The minimum Gasteiger partial charge on any atom is -0.364 e. The van der Waals surface area contributed by atoms with Crippen molar-refractivity contribution in [3.05, 3.63) is 18.0 Å². The lowest BCUT2D eigenvalue weighted by Gasteiger charge is -1.88. The molecule has 0 fully saturated rings. The molecule has 1 rings (SSSR count). The van der Waals surface area contributed by atoms with Gasteiger partial charge in [-0.25, -0.2) is 0 Å². The van der Waals surface area contributed by atoms with Crippen LogP contribution in [-0.2, 0) is 6.42 Å². The second kappa shape index (κ2) is 5.26. The molecule has 1 aromatic rings. The van der Waals surface area contributed by atoms with Gasteiger partial charge in [-0.05, 0) is 19.4 Å². The molecule has 0 radical (unpaired) electrons. The average molecular weight is 163 g/mol. The summed E-state index contributed by atoms with van der Waals surface area (Å²) in [5, 5.41) is 3.56. The molecule has 2 N–H and O–H groups in total. The Morgan fingerprint density at radius 2 is 2.40 bits per heavy atom.